The Labute approximate surface area is 149 Å². The molecule has 3 rings (SSSR count). The molecule has 1 aliphatic carbocycles. The van der Waals surface area contributed by atoms with E-state index < -0.39 is 0 Å². The summed E-state index contributed by atoms with van der Waals surface area (Å²) in [5.74, 6) is 2.09. The molecule has 0 unspecified atom stereocenters. The van der Waals surface area contributed by atoms with Crippen LogP contribution in [0.4, 0.5) is 5.82 Å². The van der Waals surface area contributed by atoms with Crippen LogP contribution in [0.25, 0.3) is 0 Å². The van der Waals surface area contributed by atoms with Gasteiger partial charge in [0.2, 0.25) is 5.88 Å². The Hall–Kier alpha value is -2.11. The van der Waals surface area contributed by atoms with E-state index in [0.29, 0.717) is 17.7 Å². The maximum absolute atomic E-state index is 6.14. The van der Waals surface area contributed by atoms with Gasteiger partial charge in [0.05, 0.1) is 16.9 Å². The Morgan fingerprint density at radius 1 is 1.20 bits per heavy atom. The minimum absolute atomic E-state index is 0.107. The van der Waals surface area contributed by atoms with Crippen molar-refractivity contribution in [3.63, 3.8) is 0 Å². The van der Waals surface area contributed by atoms with Gasteiger partial charge in [-0.15, -0.1) is 5.10 Å². The van der Waals surface area contributed by atoms with Crippen LogP contribution < -0.4 is 10.5 Å². The quantitative estimate of drug-likeness (QED) is 0.912. The fourth-order valence-electron chi connectivity index (χ4n) is 3.34. The molecule has 0 radical (unpaired) electrons. The first-order valence-electron chi connectivity index (χ1n) is 9.10. The summed E-state index contributed by atoms with van der Waals surface area (Å²) < 4.78 is 7.94. The number of nitrogens with two attached hydrogens (primary N) is 1. The van der Waals surface area contributed by atoms with E-state index in [1.807, 2.05) is 22.9 Å². The van der Waals surface area contributed by atoms with Crippen LogP contribution in [0.15, 0.2) is 18.2 Å². The Morgan fingerprint density at radius 2 is 1.96 bits per heavy atom. The molecule has 0 bridgehead atoms. The SMILES string of the molecule is CC(C)c1ccc(O[C@@H]2CC[C@H](c3cc(N)n(C(C)(C)C)n3)C2)nn1. The highest BCUT2D eigenvalue weighted by Gasteiger charge is 2.31. The fraction of sp³-hybridized carbons (Fsp3) is 0.632. The first-order valence-corrected chi connectivity index (χ1v) is 9.10. The van der Waals surface area contributed by atoms with Crippen LogP contribution in [0.1, 0.15) is 77.1 Å². The Bertz CT molecular complexity index is 714. The molecule has 2 N–H and O–H groups in total. The van der Waals surface area contributed by atoms with Crippen molar-refractivity contribution in [2.75, 3.05) is 5.73 Å². The highest BCUT2D eigenvalue weighted by molar-refractivity contribution is 5.34. The molecule has 25 heavy (non-hydrogen) atoms. The zero-order valence-electron chi connectivity index (χ0n) is 15.9. The van der Waals surface area contributed by atoms with E-state index in [1.165, 1.54) is 0 Å². The Balaban J connectivity index is 1.64. The number of hydrogen-bond donors (Lipinski definition) is 1. The summed E-state index contributed by atoms with van der Waals surface area (Å²) in [5.41, 5.74) is 8.09. The average Bonchev–Trinajstić information content (AvgIpc) is 3.14. The van der Waals surface area contributed by atoms with Gasteiger partial charge in [0.25, 0.3) is 0 Å². The second-order valence-corrected chi connectivity index (χ2v) is 8.28. The van der Waals surface area contributed by atoms with Crippen molar-refractivity contribution >= 4 is 5.82 Å². The number of aromatic nitrogens is 4. The molecule has 0 amide bonds. The molecule has 0 saturated heterocycles. The summed E-state index contributed by atoms with van der Waals surface area (Å²) in [6, 6.07) is 5.92. The van der Waals surface area contributed by atoms with Crippen LogP contribution in [0.2, 0.25) is 0 Å². The van der Waals surface area contributed by atoms with Gasteiger partial charge in [-0.05, 0) is 52.0 Å². The van der Waals surface area contributed by atoms with Gasteiger partial charge in [0.15, 0.2) is 0 Å². The second-order valence-electron chi connectivity index (χ2n) is 8.28. The normalized spacial score (nSPS) is 21.0. The summed E-state index contributed by atoms with van der Waals surface area (Å²) in [6.07, 6.45) is 3.16. The molecule has 2 heterocycles. The van der Waals surface area contributed by atoms with Crippen molar-refractivity contribution in [1.29, 1.82) is 0 Å². The van der Waals surface area contributed by atoms with Crippen molar-refractivity contribution in [1.82, 2.24) is 20.0 Å². The number of nitrogen functional groups attached to an aromatic ring is 1. The lowest BCUT2D eigenvalue weighted by atomic mass is 10.0. The predicted molar refractivity (Wildman–Crippen MR) is 98.8 cm³/mol. The lowest BCUT2D eigenvalue weighted by Crippen LogP contribution is -2.25. The first-order chi connectivity index (χ1) is 11.7. The minimum Gasteiger partial charge on any atom is -0.473 e. The molecule has 0 aliphatic heterocycles. The minimum atomic E-state index is -0.107. The number of nitrogens with zero attached hydrogens (tertiary/aromatic N) is 4. The molecular weight excluding hydrogens is 314 g/mol. The lowest BCUT2D eigenvalue weighted by molar-refractivity contribution is 0.197. The van der Waals surface area contributed by atoms with Crippen molar-refractivity contribution < 1.29 is 4.74 Å². The van der Waals surface area contributed by atoms with Crippen LogP contribution in [0, 0.1) is 0 Å². The summed E-state index contributed by atoms with van der Waals surface area (Å²) in [6.45, 7) is 10.5. The molecule has 0 aromatic carbocycles. The molecule has 2 aromatic heterocycles. The van der Waals surface area contributed by atoms with Gasteiger partial charge in [0.1, 0.15) is 11.9 Å². The number of ether oxygens (including phenoxy) is 1. The van der Waals surface area contributed by atoms with Crippen molar-refractivity contribution in [3.05, 3.63) is 29.6 Å². The van der Waals surface area contributed by atoms with E-state index in [9.17, 15) is 0 Å². The van der Waals surface area contributed by atoms with Gasteiger partial charge >= 0.3 is 0 Å². The van der Waals surface area contributed by atoms with Crippen LogP contribution >= 0.6 is 0 Å². The van der Waals surface area contributed by atoms with Crippen LogP contribution in [0.3, 0.4) is 0 Å². The van der Waals surface area contributed by atoms with E-state index in [0.717, 1.165) is 36.5 Å². The second kappa shape index (κ2) is 6.65. The van der Waals surface area contributed by atoms with E-state index in [4.69, 9.17) is 15.6 Å². The molecule has 1 saturated carbocycles. The Kier molecular flexibility index (Phi) is 4.71. The van der Waals surface area contributed by atoms with E-state index >= 15 is 0 Å². The van der Waals surface area contributed by atoms with Gasteiger partial charge in [-0.1, -0.05) is 13.8 Å². The van der Waals surface area contributed by atoms with Crippen molar-refractivity contribution in [2.24, 2.45) is 0 Å². The summed E-state index contributed by atoms with van der Waals surface area (Å²) in [5, 5.41) is 13.2. The van der Waals surface area contributed by atoms with Gasteiger partial charge in [-0.2, -0.15) is 10.2 Å². The van der Waals surface area contributed by atoms with Gasteiger partial charge in [0, 0.05) is 18.1 Å². The molecular formula is C19H29N5O. The first kappa shape index (κ1) is 17.7. The monoisotopic (exact) mass is 343 g/mol. The van der Waals surface area contributed by atoms with E-state index in [1.54, 1.807) is 0 Å². The van der Waals surface area contributed by atoms with Crippen LogP contribution in [-0.2, 0) is 5.54 Å². The number of anilines is 1. The third-order valence-electron chi connectivity index (χ3n) is 4.73. The molecule has 6 heteroatoms. The maximum Gasteiger partial charge on any atom is 0.233 e. The topological polar surface area (TPSA) is 78.9 Å². The average molecular weight is 343 g/mol. The molecule has 1 fully saturated rings. The molecule has 2 aromatic rings. The number of hydrogen-bond acceptors (Lipinski definition) is 5. The van der Waals surface area contributed by atoms with Crippen LogP contribution in [0.5, 0.6) is 5.88 Å². The van der Waals surface area contributed by atoms with Crippen molar-refractivity contribution in [2.45, 2.75) is 77.4 Å². The highest BCUT2D eigenvalue weighted by atomic mass is 16.5. The predicted octanol–water partition coefficient (Wildman–Crippen LogP) is 3.85. The van der Waals surface area contributed by atoms with E-state index in [2.05, 4.69) is 44.8 Å². The lowest BCUT2D eigenvalue weighted by Gasteiger charge is -2.20. The summed E-state index contributed by atoms with van der Waals surface area (Å²) in [4.78, 5) is 0. The van der Waals surface area contributed by atoms with Gasteiger partial charge < -0.3 is 10.5 Å². The van der Waals surface area contributed by atoms with E-state index in [-0.39, 0.29) is 11.6 Å². The Morgan fingerprint density at radius 3 is 2.52 bits per heavy atom. The molecule has 136 valence electrons. The fourth-order valence-corrected chi connectivity index (χ4v) is 3.34. The van der Waals surface area contributed by atoms with Gasteiger partial charge in [-0.3, -0.25) is 0 Å². The third-order valence-corrected chi connectivity index (χ3v) is 4.73. The third kappa shape index (κ3) is 3.94. The largest absolute Gasteiger partial charge is 0.473 e. The number of rotatable bonds is 4. The van der Waals surface area contributed by atoms with Crippen molar-refractivity contribution in [3.8, 4) is 5.88 Å². The zero-order valence-corrected chi connectivity index (χ0v) is 15.9. The molecule has 1 aliphatic rings. The van der Waals surface area contributed by atoms with Gasteiger partial charge in [-0.25, -0.2) is 4.68 Å². The maximum atomic E-state index is 6.14. The smallest absolute Gasteiger partial charge is 0.233 e. The molecule has 6 nitrogen and oxygen atoms in total. The zero-order chi connectivity index (χ0) is 18.2. The summed E-state index contributed by atoms with van der Waals surface area (Å²) >= 11 is 0. The standard InChI is InChI=1S/C19H29N5O/c1-12(2)15-8-9-18(22-21-15)25-14-7-6-13(10-14)16-11-17(20)24(23-16)19(3,4)5/h8-9,11-14H,6-7,10,20H2,1-5H3/t13-,14+/m0/s1. The molecule has 2 atom stereocenters. The summed E-state index contributed by atoms with van der Waals surface area (Å²) in [7, 11) is 0. The van der Waals surface area contributed by atoms with Crippen LogP contribution in [-0.4, -0.2) is 26.1 Å². The molecule has 0 spiro atoms. The highest BCUT2D eigenvalue weighted by Crippen LogP contribution is 2.37.